The Balaban J connectivity index is 2.27. The lowest BCUT2D eigenvalue weighted by molar-refractivity contribution is -0.384. The molecule has 1 aliphatic rings. The molecule has 1 saturated heterocycles. The van der Waals surface area contributed by atoms with Gasteiger partial charge in [0, 0.05) is 17.9 Å². The van der Waals surface area contributed by atoms with Gasteiger partial charge < -0.3 is 5.32 Å². The molecule has 2 rings (SSSR count). The van der Waals surface area contributed by atoms with Crippen LogP contribution in [0.3, 0.4) is 0 Å². The van der Waals surface area contributed by atoms with Gasteiger partial charge in [-0.2, -0.15) is 17.0 Å². The summed E-state index contributed by atoms with van der Waals surface area (Å²) in [7, 11) is 0. The van der Waals surface area contributed by atoms with Gasteiger partial charge >= 0.3 is 0 Å². The molecular formula is C12H10FN3O3S. The molecule has 1 N–H and O–H groups in total. The molecule has 1 heterocycles. The molecule has 0 bridgehead atoms. The van der Waals surface area contributed by atoms with Crippen molar-refractivity contribution in [2.75, 3.05) is 11.5 Å². The van der Waals surface area contributed by atoms with Gasteiger partial charge in [0.1, 0.15) is 11.4 Å². The monoisotopic (exact) mass is 295 g/mol. The van der Waals surface area contributed by atoms with E-state index in [2.05, 4.69) is 5.32 Å². The average Bonchev–Trinajstić information content (AvgIpc) is 2.88. The van der Waals surface area contributed by atoms with Crippen molar-refractivity contribution in [2.24, 2.45) is 0 Å². The standard InChI is InChI=1S/C12H10FN3O3S/c13-10-2-1-8(16(18)19)5-9(10)11(17)15-12(6-14)3-4-20-7-12/h1-2,5H,3-4,7H2,(H,15,17). The maximum absolute atomic E-state index is 13.6. The Hall–Kier alpha value is -2.14. The van der Waals surface area contributed by atoms with Gasteiger partial charge in [-0.3, -0.25) is 14.9 Å². The van der Waals surface area contributed by atoms with E-state index in [1.165, 1.54) is 11.8 Å². The fourth-order valence-corrected chi connectivity index (χ4v) is 3.13. The van der Waals surface area contributed by atoms with Crippen molar-refractivity contribution in [1.29, 1.82) is 5.26 Å². The smallest absolute Gasteiger partial charge is 0.270 e. The Kier molecular flexibility index (Phi) is 3.90. The molecule has 1 aromatic carbocycles. The first-order valence-corrected chi connectivity index (χ1v) is 6.88. The van der Waals surface area contributed by atoms with E-state index in [-0.39, 0.29) is 5.69 Å². The summed E-state index contributed by atoms with van der Waals surface area (Å²) >= 11 is 1.52. The topological polar surface area (TPSA) is 96.0 Å². The summed E-state index contributed by atoms with van der Waals surface area (Å²) in [5.74, 6) is -0.515. The van der Waals surface area contributed by atoms with Crippen molar-refractivity contribution >= 4 is 23.4 Å². The van der Waals surface area contributed by atoms with E-state index in [0.29, 0.717) is 12.2 Å². The molecule has 1 aliphatic heterocycles. The van der Waals surface area contributed by atoms with Crippen LogP contribution in [0.4, 0.5) is 10.1 Å². The van der Waals surface area contributed by atoms with Gasteiger partial charge in [0.25, 0.3) is 11.6 Å². The van der Waals surface area contributed by atoms with E-state index in [0.717, 1.165) is 24.0 Å². The lowest BCUT2D eigenvalue weighted by Gasteiger charge is -2.21. The fraction of sp³-hybridized carbons (Fsp3) is 0.333. The van der Waals surface area contributed by atoms with Crippen molar-refractivity contribution in [3.8, 4) is 6.07 Å². The van der Waals surface area contributed by atoms with E-state index in [1.54, 1.807) is 0 Å². The molecular weight excluding hydrogens is 285 g/mol. The number of nitriles is 1. The Labute approximate surface area is 118 Å². The molecule has 1 fully saturated rings. The number of hydrogen-bond donors (Lipinski definition) is 1. The molecule has 104 valence electrons. The highest BCUT2D eigenvalue weighted by molar-refractivity contribution is 7.99. The first-order valence-electron chi connectivity index (χ1n) is 5.73. The minimum atomic E-state index is -1.03. The number of carbonyl (C=O) groups excluding carboxylic acids is 1. The van der Waals surface area contributed by atoms with Crippen LogP contribution in [0.5, 0.6) is 0 Å². The molecule has 1 aromatic rings. The number of benzene rings is 1. The van der Waals surface area contributed by atoms with Crippen molar-refractivity contribution in [3.63, 3.8) is 0 Å². The van der Waals surface area contributed by atoms with Gasteiger partial charge in [-0.1, -0.05) is 0 Å². The van der Waals surface area contributed by atoms with E-state index in [9.17, 15) is 19.3 Å². The predicted molar refractivity (Wildman–Crippen MR) is 70.8 cm³/mol. The van der Waals surface area contributed by atoms with Crippen LogP contribution in [0.15, 0.2) is 18.2 Å². The summed E-state index contributed by atoms with van der Waals surface area (Å²) in [5, 5.41) is 22.3. The Morgan fingerprint density at radius 3 is 2.90 bits per heavy atom. The van der Waals surface area contributed by atoms with Gasteiger partial charge in [0.15, 0.2) is 0 Å². The Morgan fingerprint density at radius 1 is 1.60 bits per heavy atom. The van der Waals surface area contributed by atoms with Crippen molar-refractivity contribution in [2.45, 2.75) is 12.0 Å². The van der Waals surface area contributed by atoms with Crippen LogP contribution in [0.2, 0.25) is 0 Å². The molecule has 0 aliphatic carbocycles. The van der Waals surface area contributed by atoms with Gasteiger partial charge in [-0.05, 0) is 18.2 Å². The van der Waals surface area contributed by atoms with Crippen LogP contribution in [0.25, 0.3) is 0 Å². The zero-order valence-corrected chi connectivity index (χ0v) is 11.1. The molecule has 6 nitrogen and oxygen atoms in total. The van der Waals surface area contributed by atoms with Crippen LogP contribution in [-0.4, -0.2) is 27.9 Å². The molecule has 0 aromatic heterocycles. The van der Waals surface area contributed by atoms with Crippen LogP contribution < -0.4 is 5.32 Å². The van der Waals surface area contributed by atoms with Crippen molar-refractivity contribution < 1.29 is 14.1 Å². The molecule has 1 unspecified atom stereocenters. The predicted octanol–water partition coefficient (Wildman–Crippen LogP) is 1.86. The summed E-state index contributed by atoms with van der Waals surface area (Å²) in [6, 6.07) is 4.75. The van der Waals surface area contributed by atoms with E-state index >= 15 is 0 Å². The quantitative estimate of drug-likeness (QED) is 0.678. The highest BCUT2D eigenvalue weighted by Crippen LogP contribution is 2.28. The van der Waals surface area contributed by atoms with Crippen LogP contribution >= 0.6 is 11.8 Å². The second kappa shape index (κ2) is 5.46. The third-order valence-corrected chi connectivity index (χ3v) is 4.18. The number of hydrogen-bond acceptors (Lipinski definition) is 5. The Morgan fingerprint density at radius 2 is 2.35 bits per heavy atom. The Bertz CT molecular complexity index is 608. The fourth-order valence-electron chi connectivity index (χ4n) is 1.87. The van der Waals surface area contributed by atoms with Crippen molar-refractivity contribution in [1.82, 2.24) is 5.32 Å². The average molecular weight is 295 g/mol. The molecule has 1 atom stereocenters. The minimum absolute atomic E-state index is 0.372. The maximum atomic E-state index is 13.6. The molecule has 8 heteroatoms. The summed E-state index contributed by atoms with van der Waals surface area (Å²) in [5.41, 5.74) is -1.83. The molecule has 20 heavy (non-hydrogen) atoms. The van der Waals surface area contributed by atoms with E-state index in [4.69, 9.17) is 5.26 Å². The maximum Gasteiger partial charge on any atom is 0.270 e. The number of carbonyl (C=O) groups is 1. The number of nitro benzene ring substituents is 1. The zero-order chi connectivity index (χ0) is 14.8. The molecule has 1 amide bonds. The highest BCUT2D eigenvalue weighted by Gasteiger charge is 2.37. The van der Waals surface area contributed by atoms with Gasteiger partial charge in [-0.15, -0.1) is 0 Å². The highest BCUT2D eigenvalue weighted by atomic mass is 32.2. The summed E-state index contributed by atoms with van der Waals surface area (Å²) in [6.45, 7) is 0. The number of amides is 1. The third-order valence-electron chi connectivity index (χ3n) is 2.99. The molecule has 0 saturated carbocycles. The van der Waals surface area contributed by atoms with Crippen molar-refractivity contribution in [3.05, 3.63) is 39.7 Å². The second-order valence-electron chi connectivity index (χ2n) is 4.37. The first-order chi connectivity index (χ1) is 9.47. The normalized spacial score (nSPS) is 21.2. The molecule has 0 spiro atoms. The number of non-ortho nitro benzene ring substituents is 1. The second-order valence-corrected chi connectivity index (χ2v) is 5.48. The summed E-state index contributed by atoms with van der Waals surface area (Å²) in [4.78, 5) is 22.0. The first kappa shape index (κ1) is 14.3. The number of halogens is 1. The zero-order valence-electron chi connectivity index (χ0n) is 10.3. The number of thioether (sulfide) groups is 1. The van der Waals surface area contributed by atoms with Crippen LogP contribution in [-0.2, 0) is 0 Å². The number of nitrogens with one attached hydrogen (secondary N) is 1. The van der Waals surface area contributed by atoms with E-state index in [1.807, 2.05) is 6.07 Å². The number of nitro groups is 1. The summed E-state index contributed by atoms with van der Waals surface area (Å²) < 4.78 is 13.6. The lowest BCUT2D eigenvalue weighted by atomic mass is 10.0. The van der Waals surface area contributed by atoms with Gasteiger partial charge in [0.05, 0.1) is 16.6 Å². The minimum Gasteiger partial charge on any atom is -0.333 e. The summed E-state index contributed by atoms with van der Waals surface area (Å²) in [6.07, 6.45) is 0.469. The number of nitrogens with zero attached hydrogens (tertiary/aromatic N) is 2. The van der Waals surface area contributed by atoms with Gasteiger partial charge in [0.2, 0.25) is 0 Å². The molecule has 0 radical (unpaired) electrons. The lowest BCUT2D eigenvalue weighted by Crippen LogP contribution is -2.47. The van der Waals surface area contributed by atoms with Crippen LogP contribution in [0, 0.1) is 27.3 Å². The van der Waals surface area contributed by atoms with Gasteiger partial charge in [-0.25, -0.2) is 4.39 Å². The number of rotatable bonds is 3. The largest absolute Gasteiger partial charge is 0.333 e. The van der Waals surface area contributed by atoms with E-state index < -0.39 is 27.8 Å². The third kappa shape index (κ3) is 2.72. The van der Waals surface area contributed by atoms with Crippen LogP contribution in [0.1, 0.15) is 16.8 Å². The SMILES string of the molecule is N#CC1(NC(=O)c2cc([N+](=O)[O-])ccc2F)CCSC1.